The van der Waals surface area contributed by atoms with Crippen LogP contribution in [0.3, 0.4) is 0 Å². The van der Waals surface area contributed by atoms with E-state index in [0.29, 0.717) is 21.5 Å². The minimum absolute atomic E-state index is 0.00313. The summed E-state index contributed by atoms with van der Waals surface area (Å²) in [5, 5.41) is 4.73. The molecule has 3 aliphatic rings. The van der Waals surface area contributed by atoms with E-state index in [2.05, 4.69) is 17.5 Å². The second-order valence-electron chi connectivity index (χ2n) is 8.82. The summed E-state index contributed by atoms with van der Waals surface area (Å²) in [6.45, 7) is 0.471. The first-order valence-electron chi connectivity index (χ1n) is 11.1. The first kappa shape index (κ1) is 21.1. The Balaban J connectivity index is 1.40. The van der Waals surface area contributed by atoms with Crippen molar-refractivity contribution in [1.29, 1.82) is 0 Å². The van der Waals surface area contributed by atoms with Crippen LogP contribution in [0.15, 0.2) is 77.7 Å². The summed E-state index contributed by atoms with van der Waals surface area (Å²) in [5.41, 5.74) is 4.77. The molecule has 0 spiro atoms. The first-order valence-corrected chi connectivity index (χ1v) is 13.3. The number of nitrogens with zero attached hydrogens (tertiary/aromatic N) is 1. The molecule has 3 atom stereocenters. The maximum absolute atomic E-state index is 13.6. The lowest BCUT2D eigenvalue weighted by atomic mass is 9.77. The van der Waals surface area contributed by atoms with Crippen molar-refractivity contribution in [2.75, 3.05) is 16.2 Å². The molecular weight excluding hydrogens is 475 g/mol. The highest BCUT2D eigenvalue weighted by Gasteiger charge is 2.40. The van der Waals surface area contributed by atoms with E-state index in [1.165, 1.54) is 4.31 Å². The highest BCUT2D eigenvalue weighted by atomic mass is 35.5. The predicted molar refractivity (Wildman–Crippen MR) is 134 cm³/mol. The molecule has 3 unspecified atom stereocenters. The van der Waals surface area contributed by atoms with Crippen molar-refractivity contribution in [3.8, 4) is 0 Å². The van der Waals surface area contributed by atoms with Crippen LogP contribution in [0.5, 0.6) is 0 Å². The summed E-state index contributed by atoms with van der Waals surface area (Å²) in [4.78, 5) is 0.332. The number of anilines is 2. The van der Waals surface area contributed by atoms with Gasteiger partial charge >= 0.3 is 0 Å². The largest absolute Gasteiger partial charge is 0.378 e. The highest BCUT2D eigenvalue weighted by Crippen LogP contribution is 2.51. The summed E-state index contributed by atoms with van der Waals surface area (Å²) in [5.74, 6) is 0.348. The maximum Gasteiger partial charge on any atom is 0.264 e. The van der Waals surface area contributed by atoms with Crippen molar-refractivity contribution in [1.82, 2.24) is 0 Å². The number of rotatable bonds is 3. The first-order chi connectivity index (χ1) is 15.9. The fourth-order valence-electron chi connectivity index (χ4n) is 5.49. The van der Waals surface area contributed by atoms with Gasteiger partial charge in [0.25, 0.3) is 10.0 Å². The molecule has 168 valence electrons. The summed E-state index contributed by atoms with van der Waals surface area (Å²) >= 11 is 12.9. The zero-order chi connectivity index (χ0) is 22.7. The van der Waals surface area contributed by atoms with E-state index in [9.17, 15) is 8.42 Å². The number of para-hydroxylation sites is 1. The second kappa shape index (κ2) is 7.79. The van der Waals surface area contributed by atoms with Crippen LogP contribution in [0, 0.1) is 5.92 Å². The maximum atomic E-state index is 13.6. The molecule has 7 heteroatoms. The SMILES string of the molecule is O=S(=O)(c1ccc2c(c1)C1C=CCC1C(c1cccc(Cl)c1Cl)N2)N1CCc2ccccc21. The summed E-state index contributed by atoms with van der Waals surface area (Å²) in [6.07, 6.45) is 5.99. The van der Waals surface area contributed by atoms with Crippen molar-refractivity contribution in [2.45, 2.75) is 29.7 Å². The smallest absolute Gasteiger partial charge is 0.264 e. The predicted octanol–water partition coefficient (Wildman–Crippen LogP) is 6.57. The Bertz CT molecular complexity index is 1400. The zero-order valence-corrected chi connectivity index (χ0v) is 20.0. The third-order valence-corrected chi connectivity index (χ3v) is 9.73. The molecule has 1 aliphatic carbocycles. The highest BCUT2D eigenvalue weighted by molar-refractivity contribution is 7.92. The Kier molecular flexibility index (Phi) is 4.98. The van der Waals surface area contributed by atoms with Crippen LogP contribution in [-0.4, -0.2) is 15.0 Å². The van der Waals surface area contributed by atoms with Gasteiger partial charge in [0.05, 0.1) is 26.7 Å². The van der Waals surface area contributed by atoms with E-state index in [1.54, 1.807) is 12.1 Å². The number of sulfonamides is 1. The number of benzene rings is 3. The van der Waals surface area contributed by atoms with Gasteiger partial charge in [-0.1, -0.05) is 65.7 Å². The minimum atomic E-state index is -3.65. The van der Waals surface area contributed by atoms with Gasteiger partial charge in [-0.3, -0.25) is 4.31 Å². The van der Waals surface area contributed by atoms with Crippen molar-refractivity contribution >= 4 is 44.6 Å². The molecule has 0 radical (unpaired) electrons. The number of halogens is 2. The molecule has 0 amide bonds. The monoisotopic (exact) mass is 496 g/mol. The van der Waals surface area contributed by atoms with Gasteiger partial charge in [-0.15, -0.1) is 0 Å². The van der Waals surface area contributed by atoms with Crippen LogP contribution < -0.4 is 9.62 Å². The molecular formula is C26H22Cl2N2O2S. The van der Waals surface area contributed by atoms with Crippen LogP contribution in [0.2, 0.25) is 10.0 Å². The number of hydrogen-bond acceptors (Lipinski definition) is 3. The molecule has 0 aromatic heterocycles. The number of hydrogen-bond donors (Lipinski definition) is 1. The quantitative estimate of drug-likeness (QED) is 0.417. The Hall–Kier alpha value is -2.47. The standard InChI is InChI=1S/C26H22Cl2N2O2S/c27-22-9-4-8-20(25(22)28)26-19-7-3-6-18(19)21-15-17(11-12-23(21)29-26)33(31,32)30-14-13-16-5-1-2-10-24(16)30/h1-6,8-12,15,18-19,26,29H,7,13-14H2. The Morgan fingerprint density at radius 3 is 2.70 bits per heavy atom. The third kappa shape index (κ3) is 3.29. The third-order valence-electron chi connectivity index (χ3n) is 7.08. The van der Waals surface area contributed by atoms with Crippen LogP contribution in [-0.2, 0) is 16.4 Å². The molecule has 33 heavy (non-hydrogen) atoms. The van der Waals surface area contributed by atoms with Gasteiger partial charge in [0.15, 0.2) is 0 Å². The van der Waals surface area contributed by atoms with E-state index in [1.807, 2.05) is 48.5 Å². The molecule has 6 rings (SSSR count). The van der Waals surface area contributed by atoms with Gasteiger partial charge in [-0.25, -0.2) is 8.42 Å². The van der Waals surface area contributed by atoms with Crippen LogP contribution in [0.1, 0.15) is 35.1 Å². The van der Waals surface area contributed by atoms with E-state index >= 15 is 0 Å². The molecule has 0 saturated carbocycles. The Morgan fingerprint density at radius 2 is 1.82 bits per heavy atom. The van der Waals surface area contributed by atoms with E-state index in [0.717, 1.165) is 40.9 Å². The summed E-state index contributed by atoms with van der Waals surface area (Å²) in [6, 6.07) is 18.9. The van der Waals surface area contributed by atoms with Crippen LogP contribution in [0.4, 0.5) is 11.4 Å². The fourth-order valence-corrected chi connectivity index (χ4v) is 7.45. The lowest BCUT2D eigenvalue weighted by Crippen LogP contribution is -2.31. The topological polar surface area (TPSA) is 49.4 Å². The van der Waals surface area contributed by atoms with E-state index < -0.39 is 10.0 Å². The van der Waals surface area contributed by atoms with Gasteiger partial charge in [-0.2, -0.15) is 0 Å². The molecule has 0 saturated heterocycles. The Labute approximate surface area is 203 Å². The zero-order valence-electron chi connectivity index (χ0n) is 17.7. The molecule has 0 bridgehead atoms. The number of fused-ring (bicyclic) bond motifs is 4. The summed E-state index contributed by atoms with van der Waals surface area (Å²) < 4.78 is 28.7. The average Bonchev–Trinajstić information content (AvgIpc) is 3.48. The van der Waals surface area contributed by atoms with Crippen LogP contribution >= 0.6 is 23.2 Å². The van der Waals surface area contributed by atoms with Crippen molar-refractivity contribution in [2.24, 2.45) is 5.92 Å². The van der Waals surface area contributed by atoms with Gasteiger partial charge < -0.3 is 5.32 Å². The molecule has 4 nitrogen and oxygen atoms in total. The second-order valence-corrected chi connectivity index (χ2v) is 11.5. The average molecular weight is 497 g/mol. The molecule has 2 aliphatic heterocycles. The van der Waals surface area contributed by atoms with E-state index in [4.69, 9.17) is 23.2 Å². The normalized spacial score (nSPS) is 23.1. The van der Waals surface area contributed by atoms with E-state index in [-0.39, 0.29) is 17.9 Å². The number of allylic oxidation sites excluding steroid dienone is 2. The van der Waals surface area contributed by atoms with Crippen LogP contribution in [0.25, 0.3) is 0 Å². The van der Waals surface area contributed by atoms with Gasteiger partial charge in [0.2, 0.25) is 0 Å². The van der Waals surface area contributed by atoms with Crippen molar-refractivity contribution in [3.63, 3.8) is 0 Å². The Morgan fingerprint density at radius 1 is 0.970 bits per heavy atom. The lowest BCUT2D eigenvalue weighted by Gasteiger charge is -2.38. The van der Waals surface area contributed by atoms with Crippen molar-refractivity contribution < 1.29 is 8.42 Å². The minimum Gasteiger partial charge on any atom is -0.378 e. The van der Waals surface area contributed by atoms with Gasteiger partial charge in [0.1, 0.15) is 0 Å². The molecule has 3 aromatic carbocycles. The van der Waals surface area contributed by atoms with Gasteiger partial charge in [-0.05, 0) is 65.8 Å². The molecule has 1 N–H and O–H groups in total. The lowest BCUT2D eigenvalue weighted by molar-refractivity contribution is 0.425. The number of nitrogens with one attached hydrogen (secondary N) is 1. The van der Waals surface area contributed by atoms with Gasteiger partial charge in [0, 0.05) is 18.2 Å². The molecule has 3 aromatic rings. The molecule has 0 fully saturated rings. The van der Waals surface area contributed by atoms with Crippen molar-refractivity contribution in [3.05, 3.63) is 99.6 Å². The summed E-state index contributed by atoms with van der Waals surface area (Å²) in [7, 11) is -3.65. The fraction of sp³-hybridized carbons (Fsp3) is 0.231. The molecule has 2 heterocycles.